The molecule has 0 unspecified atom stereocenters. The van der Waals surface area contributed by atoms with Crippen LogP contribution in [0.15, 0.2) is 33.6 Å². The van der Waals surface area contributed by atoms with Crippen molar-refractivity contribution in [2.75, 3.05) is 19.6 Å². The third-order valence-electron chi connectivity index (χ3n) is 3.94. The fourth-order valence-electron chi connectivity index (χ4n) is 2.59. The molecule has 3 nitrogen and oxygen atoms in total. The van der Waals surface area contributed by atoms with Gasteiger partial charge in [0.25, 0.3) is 0 Å². The SMILES string of the molecule is CC(C)(Sc1ccc(Br)cc1)C(=O)N1CCC(CN)CC1. The highest BCUT2D eigenvalue weighted by Crippen LogP contribution is 2.35. The number of carbonyl (C=O) groups is 1. The fraction of sp³-hybridized carbons (Fsp3) is 0.562. The molecule has 1 heterocycles. The number of carbonyl (C=O) groups excluding carboxylic acids is 1. The number of halogens is 1. The summed E-state index contributed by atoms with van der Waals surface area (Å²) in [7, 11) is 0. The van der Waals surface area contributed by atoms with Crippen molar-refractivity contribution in [1.82, 2.24) is 4.90 Å². The summed E-state index contributed by atoms with van der Waals surface area (Å²) in [6.45, 7) is 6.43. The van der Waals surface area contributed by atoms with Crippen LogP contribution in [0.25, 0.3) is 0 Å². The molecular formula is C16H23BrN2OS. The van der Waals surface area contributed by atoms with E-state index in [2.05, 4.69) is 15.9 Å². The van der Waals surface area contributed by atoms with Gasteiger partial charge >= 0.3 is 0 Å². The average molecular weight is 371 g/mol. The number of rotatable bonds is 4. The number of likely N-dealkylation sites (tertiary alicyclic amines) is 1. The van der Waals surface area contributed by atoms with E-state index in [4.69, 9.17) is 5.73 Å². The van der Waals surface area contributed by atoms with Crippen molar-refractivity contribution in [3.8, 4) is 0 Å². The molecule has 2 N–H and O–H groups in total. The van der Waals surface area contributed by atoms with Gasteiger partial charge in [0.15, 0.2) is 0 Å². The van der Waals surface area contributed by atoms with Crippen molar-refractivity contribution in [3.05, 3.63) is 28.7 Å². The van der Waals surface area contributed by atoms with Gasteiger partial charge in [-0.05, 0) is 63.4 Å². The molecule has 5 heteroatoms. The number of piperidine rings is 1. The monoisotopic (exact) mass is 370 g/mol. The Bertz CT molecular complexity index is 482. The first kappa shape index (κ1) is 16.8. The maximum Gasteiger partial charge on any atom is 0.238 e. The summed E-state index contributed by atoms with van der Waals surface area (Å²) in [6, 6.07) is 8.11. The molecule has 116 valence electrons. The van der Waals surface area contributed by atoms with Crippen LogP contribution in [0.2, 0.25) is 0 Å². The minimum absolute atomic E-state index is 0.228. The first-order valence-electron chi connectivity index (χ1n) is 7.36. The van der Waals surface area contributed by atoms with Crippen LogP contribution >= 0.6 is 27.7 Å². The van der Waals surface area contributed by atoms with Gasteiger partial charge in [0.1, 0.15) is 0 Å². The normalized spacial score (nSPS) is 17.0. The summed E-state index contributed by atoms with van der Waals surface area (Å²) in [5.74, 6) is 0.808. The molecule has 1 amide bonds. The molecule has 0 atom stereocenters. The number of nitrogens with zero attached hydrogens (tertiary/aromatic N) is 1. The Labute approximate surface area is 139 Å². The molecule has 0 bridgehead atoms. The fourth-order valence-corrected chi connectivity index (χ4v) is 3.94. The molecular weight excluding hydrogens is 348 g/mol. The highest BCUT2D eigenvalue weighted by atomic mass is 79.9. The van der Waals surface area contributed by atoms with Crippen molar-refractivity contribution in [3.63, 3.8) is 0 Å². The zero-order chi connectivity index (χ0) is 15.5. The van der Waals surface area contributed by atoms with Gasteiger partial charge in [-0.3, -0.25) is 4.79 Å². The molecule has 0 aromatic heterocycles. The largest absolute Gasteiger partial charge is 0.341 e. The molecule has 2 rings (SSSR count). The Morgan fingerprint density at radius 3 is 2.43 bits per heavy atom. The van der Waals surface area contributed by atoms with Gasteiger partial charge in [0.05, 0.1) is 4.75 Å². The number of hydrogen-bond acceptors (Lipinski definition) is 3. The van der Waals surface area contributed by atoms with Crippen molar-refractivity contribution in [2.45, 2.75) is 36.3 Å². The highest BCUT2D eigenvalue weighted by Gasteiger charge is 2.34. The molecule has 21 heavy (non-hydrogen) atoms. The maximum absolute atomic E-state index is 12.8. The third kappa shape index (κ3) is 4.47. The van der Waals surface area contributed by atoms with Crippen LogP contribution in [0.5, 0.6) is 0 Å². The van der Waals surface area contributed by atoms with E-state index in [0.717, 1.165) is 41.8 Å². The number of amides is 1. The zero-order valence-electron chi connectivity index (χ0n) is 12.6. The summed E-state index contributed by atoms with van der Waals surface area (Å²) in [4.78, 5) is 15.9. The number of hydrogen-bond donors (Lipinski definition) is 1. The van der Waals surface area contributed by atoms with Crippen LogP contribution in [0.3, 0.4) is 0 Å². The topological polar surface area (TPSA) is 46.3 Å². The van der Waals surface area contributed by atoms with Crippen molar-refractivity contribution in [2.24, 2.45) is 11.7 Å². The van der Waals surface area contributed by atoms with E-state index in [9.17, 15) is 4.79 Å². The van der Waals surface area contributed by atoms with E-state index in [0.29, 0.717) is 5.92 Å². The van der Waals surface area contributed by atoms with Crippen LogP contribution in [0.4, 0.5) is 0 Å². The van der Waals surface area contributed by atoms with Crippen molar-refractivity contribution >= 4 is 33.6 Å². The third-order valence-corrected chi connectivity index (χ3v) is 5.66. The second kappa shape index (κ2) is 7.16. The second-order valence-electron chi connectivity index (χ2n) is 6.04. The van der Waals surface area contributed by atoms with Gasteiger partial charge in [-0.25, -0.2) is 0 Å². The van der Waals surface area contributed by atoms with Crippen LogP contribution in [-0.4, -0.2) is 35.2 Å². The summed E-state index contributed by atoms with van der Waals surface area (Å²) >= 11 is 5.06. The van der Waals surface area contributed by atoms with E-state index < -0.39 is 4.75 Å². The molecule has 0 aliphatic carbocycles. The lowest BCUT2D eigenvalue weighted by Crippen LogP contribution is -2.47. The molecule has 1 fully saturated rings. The van der Waals surface area contributed by atoms with E-state index in [-0.39, 0.29) is 5.91 Å². The molecule has 1 saturated heterocycles. The lowest BCUT2D eigenvalue weighted by molar-refractivity contribution is -0.134. The summed E-state index contributed by atoms with van der Waals surface area (Å²) in [5.41, 5.74) is 5.71. The predicted molar refractivity (Wildman–Crippen MR) is 92.4 cm³/mol. The van der Waals surface area contributed by atoms with Crippen LogP contribution in [0.1, 0.15) is 26.7 Å². The van der Waals surface area contributed by atoms with E-state index >= 15 is 0 Å². The zero-order valence-corrected chi connectivity index (χ0v) is 15.0. The summed E-state index contributed by atoms with van der Waals surface area (Å²) in [5, 5.41) is 0. The van der Waals surface area contributed by atoms with Gasteiger partial charge < -0.3 is 10.6 Å². The van der Waals surface area contributed by atoms with Crippen LogP contribution in [0, 0.1) is 5.92 Å². The Morgan fingerprint density at radius 1 is 1.33 bits per heavy atom. The van der Waals surface area contributed by atoms with Gasteiger partial charge in [-0.1, -0.05) is 15.9 Å². The second-order valence-corrected chi connectivity index (χ2v) is 8.65. The molecule has 1 aliphatic rings. The lowest BCUT2D eigenvalue weighted by atomic mass is 9.96. The van der Waals surface area contributed by atoms with E-state index in [1.54, 1.807) is 11.8 Å². The standard InChI is InChI=1S/C16H23BrN2OS/c1-16(2,21-14-5-3-13(17)4-6-14)15(20)19-9-7-12(11-18)8-10-19/h3-6,12H,7-11,18H2,1-2H3. The minimum atomic E-state index is -0.441. The molecule has 0 saturated carbocycles. The average Bonchev–Trinajstić information content (AvgIpc) is 2.49. The van der Waals surface area contributed by atoms with E-state index in [1.165, 1.54) is 0 Å². The van der Waals surface area contributed by atoms with Gasteiger partial charge in [0.2, 0.25) is 5.91 Å². The number of nitrogens with two attached hydrogens (primary N) is 1. The molecule has 0 spiro atoms. The maximum atomic E-state index is 12.8. The van der Waals surface area contributed by atoms with Gasteiger partial charge in [-0.2, -0.15) is 0 Å². The molecule has 1 aromatic rings. The summed E-state index contributed by atoms with van der Waals surface area (Å²) < 4.78 is 0.614. The predicted octanol–water partition coefficient (Wildman–Crippen LogP) is 3.52. The first-order valence-corrected chi connectivity index (χ1v) is 8.97. The molecule has 1 aliphatic heterocycles. The highest BCUT2D eigenvalue weighted by molar-refractivity contribution is 9.10. The summed E-state index contributed by atoms with van der Waals surface area (Å²) in [6.07, 6.45) is 2.06. The Hall–Kier alpha value is -0.520. The molecule has 1 aromatic carbocycles. The lowest BCUT2D eigenvalue weighted by Gasteiger charge is -2.36. The molecule has 0 radical (unpaired) electrons. The smallest absolute Gasteiger partial charge is 0.238 e. The Balaban J connectivity index is 1.98. The van der Waals surface area contributed by atoms with Gasteiger partial charge in [-0.15, -0.1) is 11.8 Å². The quantitative estimate of drug-likeness (QED) is 0.824. The first-order chi connectivity index (χ1) is 9.92. The minimum Gasteiger partial charge on any atom is -0.341 e. The van der Waals surface area contributed by atoms with Crippen LogP contribution < -0.4 is 5.73 Å². The van der Waals surface area contributed by atoms with Gasteiger partial charge in [0, 0.05) is 22.5 Å². The Kier molecular flexibility index (Phi) is 5.74. The van der Waals surface area contributed by atoms with Crippen molar-refractivity contribution < 1.29 is 4.79 Å². The Morgan fingerprint density at radius 2 is 1.90 bits per heavy atom. The number of benzene rings is 1. The number of thioether (sulfide) groups is 1. The van der Waals surface area contributed by atoms with Crippen molar-refractivity contribution in [1.29, 1.82) is 0 Å². The van der Waals surface area contributed by atoms with E-state index in [1.807, 2.05) is 43.0 Å². The van der Waals surface area contributed by atoms with Crippen LogP contribution in [-0.2, 0) is 4.79 Å².